The van der Waals surface area contributed by atoms with Crippen LogP contribution in [0.3, 0.4) is 0 Å². The molecule has 0 aliphatic heterocycles. The van der Waals surface area contributed by atoms with Gasteiger partial charge < -0.3 is 15.4 Å². The quantitative estimate of drug-likeness (QED) is 0.608. The number of hydrogen-bond donors (Lipinski definition) is 2. The predicted octanol–water partition coefficient (Wildman–Crippen LogP) is 5.07. The molecule has 28 heavy (non-hydrogen) atoms. The van der Waals surface area contributed by atoms with Crippen molar-refractivity contribution in [3.05, 3.63) is 72.3 Å². The summed E-state index contributed by atoms with van der Waals surface area (Å²) in [6, 6.07) is 8.95. The monoisotopic (exact) mass is 392 g/mol. The first kappa shape index (κ1) is 19.1. The van der Waals surface area contributed by atoms with Crippen LogP contribution >= 0.6 is 0 Å². The standard InChI is InChI=1S/C18H12F4N4O2/c19-14-6-1-2-7-15(14)28-17-23-9-13(10-24-17)26-16(27)25-12-5-3-4-11(8-12)18(20,21)22/h1-10H,(H2,25,26,27). The van der Waals surface area contributed by atoms with Crippen LogP contribution in [0, 0.1) is 5.82 Å². The van der Waals surface area contributed by atoms with Crippen LogP contribution < -0.4 is 15.4 Å². The normalized spacial score (nSPS) is 11.0. The van der Waals surface area contributed by atoms with E-state index in [1.165, 1.54) is 42.7 Å². The molecule has 0 spiro atoms. The summed E-state index contributed by atoms with van der Waals surface area (Å²) in [6.07, 6.45) is -2.11. The highest BCUT2D eigenvalue weighted by atomic mass is 19.4. The lowest BCUT2D eigenvalue weighted by molar-refractivity contribution is -0.137. The number of rotatable bonds is 4. The fraction of sp³-hybridized carbons (Fsp3) is 0.0556. The molecule has 2 aromatic carbocycles. The van der Waals surface area contributed by atoms with E-state index in [1.807, 2.05) is 0 Å². The maximum atomic E-state index is 13.5. The molecule has 3 aromatic rings. The average Bonchev–Trinajstić information content (AvgIpc) is 2.65. The highest BCUT2D eigenvalue weighted by molar-refractivity contribution is 5.99. The molecule has 0 atom stereocenters. The summed E-state index contributed by atoms with van der Waals surface area (Å²) in [5, 5.41) is 4.64. The third kappa shape index (κ3) is 4.93. The Hall–Kier alpha value is -3.69. The van der Waals surface area contributed by atoms with Crippen molar-refractivity contribution in [3.63, 3.8) is 0 Å². The molecule has 0 radical (unpaired) electrons. The number of carbonyl (C=O) groups excluding carboxylic acids is 1. The second-order valence-corrected chi connectivity index (χ2v) is 5.44. The minimum atomic E-state index is -4.52. The summed E-state index contributed by atoms with van der Waals surface area (Å²) in [5.74, 6) is -0.653. The molecule has 6 nitrogen and oxygen atoms in total. The van der Waals surface area contributed by atoms with Crippen molar-refractivity contribution in [3.8, 4) is 11.8 Å². The Kier molecular flexibility index (Phi) is 5.39. The smallest absolute Gasteiger partial charge is 0.416 e. The molecule has 0 saturated carbocycles. The second-order valence-electron chi connectivity index (χ2n) is 5.44. The van der Waals surface area contributed by atoms with Gasteiger partial charge in [-0.2, -0.15) is 13.2 Å². The number of amides is 2. The fourth-order valence-electron chi connectivity index (χ4n) is 2.13. The molecule has 2 amide bonds. The Bertz CT molecular complexity index is 978. The molecule has 2 N–H and O–H groups in total. The number of hydrogen-bond acceptors (Lipinski definition) is 4. The molecule has 0 unspecified atom stereocenters. The number of nitrogens with zero attached hydrogens (tertiary/aromatic N) is 2. The minimum Gasteiger partial charge on any atom is -0.421 e. The van der Waals surface area contributed by atoms with Gasteiger partial charge in [0.25, 0.3) is 0 Å². The third-order valence-electron chi connectivity index (χ3n) is 3.37. The summed E-state index contributed by atoms with van der Waals surface area (Å²) >= 11 is 0. The van der Waals surface area contributed by atoms with E-state index in [2.05, 4.69) is 20.6 Å². The van der Waals surface area contributed by atoms with E-state index in [1.54, 1.807) is 6.07 Å². The van der Waals surface area contributed by atoms with E-state index in [4.69, 9.17) is 4.74 Å². The molecule has 0 bridgehead atoms. The van der Waals surface area contributed by atoms with Crippen LogP contribution in [0.15, 0.2) is 60.9 Å². The van der Waals surface area contributed by atoms with Crippen LogP contribution in [0.25, 0.3) is 0 Å². The van der Waals surface area contributed by atoms with Crippen molar-refractivity contribution in [2.45, 2.75) is 6.18 Å². The van der Waals surface area contributed by atoms with Crippen molar-refractivity contribution in [1.29, 1.82) is 0 Å². The Morgan fingerprint density at radius 1 is 0.929 bits per heavy atom. The lowest BCUT2D eigenvalue weighted by Gasteiger charge is -2.10. The number of benzene rings is 2. The van der Waals surface area contributed by atoms with Gasteiger partial charge in [0, 0.05) is 5.69 Å². The van der Waals surface area contributed by atoms with Gasteiger partial charge in [-0.15, -0.1) is 0 Å². The van der Waals surface area contributed by atoms with Crippen molar-refractivity contribution < 1.29 is 27.1 Å². The largest absolute Gasteiger partial charge is 0.421 e. The fourth-order valence-corrected chi connectivity index (χ4v) is 2.13. The first-order valence-corrected chi connectivity index (χ1v) is 7.81. The molecule has 0 saturated heterocycles. The van der Waals surface area contributed by atoms with Crippen LogP contribution in [0.2, 0.25) is 0 Å². The number of halogens is 4. The maximum Gasteiger partial charge on any atom is 0.416 e. The molecule has 0 aliphatic rings. The average molecular weight is 392 g/mol. The molecule has 3 rings (SSSR count). The SMILES string of the molecule is O=C(Nc1cnc(Oc2ccccc2F)nc1)Nc1cccc(C(F)(F)F)c1. The number of para-hydroxylation sites is 1. The van der Waals surface area contributed by atoms with Crippen LogP contribution in [-0.4, -0.2) is 16.0 Å². The van der Waals surface area contributed by atoms with E-state index in [0.717, 1.165) is 12.1 Å². The molecular formula is C18H12F4N4O2. The lowest BCUT2D eigenvalue weighted by atomic mass is 10.2. The topological polar surface area (TPSA) is 76.1 Å². The Morgan fingerprint density at radius 3 is 2.29 bits per heavy atom. The number of ether oxygens (including phenoxy) is 1. The summed E-state index contributed by atoms with van der Waals surface area (Å²) in [6.45, 7) is 0. The number of carbonyl (C=O) groups is 1. The number of urea groups is 1. The van der Waals surface area contributed by atoms with Gasteiger partial charge in [0.2, 0.25) is 0 Å². The first-order valence-electron chi connectivity index (χ1n) is 7.81. The third-order valence-corrected chi connectivity index (χ3v) is 3.37. The number of aromatic nitrogens is 2. The first-order chi connectivity index (χ1) is 13.3. The van der Waals surface area contributed by atoms with Gasteiger partial charge in [0.1, 0.15) is 0 Å². The molecule has 0 fully saturated rings. The van der Waals surface area contributed by atoms with Gasteiger partial charge in [-0.05, 0) is 30.3 Å². The van der Waals surface area contributed by atoms with Gasteiger partial charge in [0.15, 0.2) is 11.6 Å². The minimum absolute atomic E-state index is 0.0345. The lowest BCUT2D eigenvalue weighted by Crippen LogP contribution is -2.20. The van der Waals surface area contributed by atoms with Gasteiger partial charge in [-0.3, -0.25) is 0 Å². The summed E-state index contributed by atoms with van der Waals surface area (Å²) in [4.78, 5) is 19.6. The number of alkyl halides is 3. The summed E-state index contributed by atoms with van der Waals surface area (Å²) < 4.78 is 56.8. The van der Waals surface area contributed by atoms with E-state index in [0.29, 0.717) is 0 Å². The van der Waals surface area contributed by atoms with Crippen LogP contribution in [-0.2, 0) is 6.18 Å². The van der Waals surface area contributed by atoms with E-state index in [9.17, 15) is 22.4 Å². The Morgan fingerprint density at radius 2 is 1.61 bits per heavy atom. The van der Waals surface area contributed by atoms with Crippen LogP contribution in [0.5, 0.6) is 11.8 Å². The van der Waals surface area contributed by atoms with Crippen molar-refractivity contribution >= 4 is 17.4 Å². The molecule has 0 aliphatic carbocycles. The zero-order chi connectivity index (χ0) is 20.1. The molecule has 1 aromatic heterocycles. The van der Waals surface area contributed by atoms with Crippen molar-refractivity contribution in [1.82, 2.24) is 9.97 Å². The highest BCUT2D eigenvalue weighted by Gasteiger charge is 2.30. The number of anilines is 2. The van der Waals surface area contributed by atoms with Crippen LogP contribution in [0.4, 0.5) is 33.7 Å². The molecule has 10 heteroatoms. The highest BCUT2D eigenvalue weighted by Crippen LogP contribution is 2.30. The van der Waals surface area contributed by atoms with Crippen molar-refractivity contribution in [2.75, 3.05) is 10.6 Å². The maximum absolute atomic E-state index is 13.5. The van der Waals surface area contributed by atoms with E-state index < -0.39 is 23.6 Å². The molecule has 144 valence electrons. The molecule has 1 heterocycles. The van der Waals surface area contributed by atoms with Gasteiger partial charge in [-0.1, -0.05) is 18.2 Å². The zero-order valence-corrected chi connectivity index (χ0v) is 14.0. The Labute approximate surface area is 156 Å². The number of nitrogens with one attached hydrogen (secondary N) is 2. The molecular weight excluding hydrogens is 380 g/mol. The van der Waals surface area contributed by atoms with E-state index >= 15 is 0 Å². The summed E-state index contributed by atoms with van der Waals surface area (Å²) in [7, 11) is 0. The Balaban J connectivity index is 1.61. The summed E-state index contributed by atoms with van der Waals surface area (Å²) in [5.41, 5.74) is -0.763. The van der Waals surface area contributed by atoms with Gasteiger partial charge >= 0.3 is 18.2 Å². The van der Waals surface area contributed by atoms with Gasteiger partial charge in [-0.25, -0.2) is 19.2 Å². The predicted molar refractivity (Wildman–Crippen MR) is 92.6 cm³/mol. The van der Waals surface area contributed by atoms with Crippen molar-refractivity contribution in [2.24, 2.45) is 0 Å². The van der Waals surface area contributed by atoms with Gasteiger partial charge in [0.05, 0.1) is 23.6 Å². The van der Waals surface area contributed by atoms with E-state index in [-0.39, 0.29) is 23.1 Å². The van der Waals surface area contributed by atoms with Crippen LogP contribution in [0.1, 0.15) is 5.56 Å². The second kappa shape index (κ2) is 7.91. The zero-order valence-electron chi connectivity index (χ0n) is 14.0.